The van der Waals surface area contributed by atoms with Gasteiger partial charge in [0.1, 0.15) is 11.0 Å². The largest absolute Gasteiger partial charge is 0.338 e. The van der Waals surface area contributed by atoms with Gasteiger partial charge in [0.25, 0.3) is 0 Å². The first-order valence-corrected chi connectivity index (χ1v) is 11.1. The molecule has 0 radical (unpaired) electrons. The molecule has 142 valence electrons. The van der Waals surface area contributed by atoms with Crippen LogP contribution in [0.2, 0.25) is 0 Å². The van der Waals surface area contributed by atoms with Crippen molar-refractivity contribution < 1.29 is 9.00 Å². The van der Waals surface area contributed by atoms with Crippen LogP contribution in [0.15, 0.2) is 23.1 Å². The minimum Gasteiger partial charge on any atom is -0.338 e. The lowest BCUT2D eigenvalue weighted by molar-refractivity contribution is -0.135. The Hall–Kier alpha value is -1.20. The Morgan fingerprint density at radius 2 is 2.04 bits per heavy atom. The van der Waals surface area contributed by atoms with E-state index in [4.69, 9.17) is 0 Å². The Morgan fingerprint density at radius 1 is 1.27 bits per heavy atom. The Morgan fingerprint density at radius 3 is 2.65 bits per heavy atom. The molecule has 1 aromatic rings. The number of nitrogens with zero attached hydrogens (tertiary/aromatic N) is 2. The van der Waals surface area contributed by atoms with Gasteiger partial charge in [-0.3, -0.25) is 4.79 Å². The quantitative estimate of drug-likeness (QED) is 0.812. The molecular formula is C21H30N2O2S. The van der Waals surface area contributed by atoms with Gasteiger partial charge in [-0.05, 0) is 61.3 Å². The molecular weight excluding hydrogens is 344 g/mol. The lowest BCUT2D eigenvalue weighted by Crippen LogP contribution is -2.38. The van der Waals surface area contributed by atoms with Crippen molar-refractivity contribution >= 4 is 16.9 Å². The Labute approximate surface area is 159 Å². The third kappa shape index (κ3) is 3.13. The summed E-state index contributed by atoms with van der Waals surface area (Å²) in [6.45, 7) is 8.53. The molecule has 1 amide bonds. The van der Waals surface area contributed by atoms with Crippen molar-refractivity contribution in [2.45, 2.75) is 70.4 Å². The van der Waals surface area contributed by atoms with Crippen LogP contribution in [-0.4, -0.2) is 38.5 Å². The van der Waals surface area contributed by atoms with Crippen LogP contribution in [0.1, 0.15) is 57.6 Å². The van der Waals surface area contributed by atoms with Crippen LogP contribution >= 0.6 is 0 Å². The zero-order valence-electron chi connectivity index (χ0n) is 16.2. The first-order chi connectivity index (χ1) is 12.4. The van der Waals surface area contributed by atoms with Crippen LogP contribution in [-0.2, 0) is 28.7 Å². The minimum atomic E-state index is -1.10. The van der Waals surface area contributed by atoms with Crippen LogP contribution in [0, 0.1) is 11.3 Å². The van der Waals surface area contributed by atoms with Gasteiger partial charge >= 0.3 is 0 Å². The van der Waals surface area contributed by atoms with E-state index in [1.165, 1.54) is 36.8 Å². The molecule has 4 nitrogen and oxygen atoms in total. The van der Waals surface area contributed by atoms with Gasteiger partial charge in [0.05, 0.1) is 4.90 Å². The number of carbonyl (C=O) groups excluding carboxylic acids is 1. The van der Waals surface area contributed by atoms with E-state index >= 15 is 0 Å². The summed E-state index contributed by atoms with van der Waals surface area (Å²) < 4.78 is 15.4. The average molecular weight is 375 g/mol. The van der Waals surface area contributed by atoms with Crippen LogP contribution < -0.4 is 0 Å². The number of carbonyl (C=O) groups is 1. The summed E-state index contributed by atoms with van der Waals surface area (Å²) in [4.78, 5) is 15.2. The number of fused-ring (bicyclic) bond motifs is 1. The molecule has 2 heterocycles. The van der Waals surface area contributed by atoms with E-state index in [0.717, 1.165) is 24.4 Å². The maximum Gasteiger partial charge on any atom is 0.225 e. The van der Waals surface area contributed by atoms with Crippen molar-refractivity contribution in [2.75, 3.05) is 13.1 Å². The third-order valence-electron chi connectivity index (χ3n) is 6.54. The molecule has 1 aliphatic carbocycles. The predicted octanol–water partition coefficient (Wildman–Crippen LogP) is 3.51. The summed E-state index contributed by atoms with van der Waals surface area (Å²) in [6, 6.07) is 6.63. The summed E-state index contributed by atoms with van der Waals surface area (Å²) in [5.41, 5.74) is 2.90. The molecule has 2 aliphatic heterocycles. The van der Waals surface area contributed by atoms with Gasteiger partial charge in [0.2, 0.25) is 5.91 Å². The Balaban J connectivity index is 1.53. The smallest absolute Gasteiger partial charge is 0.225 e. The van der Waals surface area contributed by atoms with Crippen molar-refractivity contribution in [3.05, 3.63) is 29.3 Å². The Bertz CT molecular complexity index is 742. The summed E-state index contributed by atoms with van der Waals surface area (Å²) >= 11 is 0. The predicted molar refractivity (Wildman–Crippen MR) is 104 cm³/mol. The topological polar surface area (TPSA) is 40.6 Å². The maximum absolute atomic E-state index is 13.3. The molecule has 3 aliphatic rings. The monoisotopic (exact) mass is 374 g/mol. The van der Waals surface area contributed by atoms with Gasteiger partial charge in [-0.1, -0.05) is 26.3 Å². The highest BCUT2D eigenvalue weighted by Crippen LogP contribution is 2.50. The highest BCUT2D eigenvalue weighted by Gasteiger charge is 2.47. The van der Waals surface area contributed by atoms with E-state index < -0.39 is 11.0 Å². The molecule has 0 aromatic heterocycles. The molecule has 2 atom stereocenters. The summed E-state index contributed by atoms with van der Waals surface area (Å²) in [7, 11) is -1.10. The molecule has 26 heavy (non-hydrogen) atoms. The zero-order valence-corrected chi connectivity index (χ0v) is 17.0. The number of amides is 1. The number of benzene rings is 1. The first-order valence-electron chi connectivity index (χ1n) is 9.98. The minimum absolute atomic E-state index is 0.0259. The second kappa shape index (κ2) is 6.75. The normalized spacial score (nSPS) is 26.0. The SMILES string of the molecule is CC(C)C(=O)N1CCc2ccc(S(=O)N3CC4(CCC4)CC3C)cc2C1. The molecule has 0 bridgehead atoms. The van der Waals surface area contributed by atoms with E-state index in [-0.39, 0.29) is 11.8 Å². The number of rotatable bonds is 3. The number of hydrogen-bond acceptors (Lipinski definition) is 2. The summed E-state index contributed by atoms with van der Waals surface area (Å²) in [5, 5.41) is 0. The van der Waals surface area contributed by atoms with Crippen LogP contribution in [0.3, 0.4) is 0 Å². The molecule has 4 rings (SSSR count). The van der Waals surface area contributed by atoms with Crippen molar-refractivity contribution in [2.24, 2.45) is 11.3 Å². The summed E-state index contributed by atoms with van der Waals surface area (Å²) in [6.07, 6.45) is 5.99. The molecule has 1 spiro atoms. The van der Waals surface area contributed by atoms with Crippen LogP contribution in [0.25, 0.3) is 0 Å². The van der Waals surface area contributed by atoms with Gasteiger partial charge in [-0.15, -0.1) is 0 Å². The van der Waals surface area contributed by atoms with E-state index in [2.05, 4.69) is 23.4 Å². The van der Waals surface area contributed by atoms with E-state index in [9.17, 15) is 9.00 Å². The lowest BCUT2D eigenvalue weighted by Gasteiger charge is -2.38. The van der Waals surface area contributed by atoms with E-state index in [0.29, 0.717) is 18.0 Å². The zero-order chi connectivity index (χ0) is 18.5. The van der Waals surface area contributed by atoms with Crippen molar-refractivity contribution in [1.29, 1.82) is 0 Å². The standard InChI is InChI=1S/C21H30N2O2S/c1-15(2)20(24)22-10-7-17-5-6-19(11-18(17)13-22)26(25)23-14-21(8-4-9-21)12-16(23)3/h5-6,11,15-16H,4,7-10,12-14H2,1-3H3. The molecule has 0 N–H and O–H groups in total. The summed E-state index contributed by atoms with van der Waals surface area (Å²) in [5.74, 6) is 0.236. The second-order valence-electron chi connectivity index (χ2n) is 8.83. The van der Waals surface area contributed by atoms with Crippen LogP contribution in [0.5, 0.6) is 0 Å². The highest BCUT2D eigenvalue weighted by atomic mass is 32.2. The maximum atomic E-state index is 13.3. The van der Waals surface area contributed by atoms with Gasteiger partial charge < -0.3 is 4.90 Å². The van der Waals surface area contributed by atoms with Crippen molar-refractivity contribution in [3.8, 4) is 0 Å². The molecule has 2 fully saturated rings. The van der Waals surface area contributed by atoms with Gasteiger partial charge in [0.15, 0.2) is 0 Å². The average Bonchev–Trinajstić information content (AvgIpc) is 2.97. The van der Waals surface area contributed by atoms with E-state index in [1.54, 1.807) is 0 Å². The third-order valence-corrected chi connectivity index (χ3v) is 8.11. The van der Waals surface area contributed by atoms with E-state index in [1.807, 2.05) is 24.8 Å². The number of hydrogen-bond donors (Lipinski definition) is 0. The van der Waals surface area contributed by atoms with Crippen molar-refractivity contribution in [1.82, 2.24) is 9.21 Å². The fourth-order valence-electron chi connectivity index (χ4n) is 4.87. The fraction of sp³-hybridized carbons (Fsp3) is 0.667. The Kier molecular flexibility index (Phi) is 4.72. The van der Waals surface area contributed by atoms with Gasteiger partial charge in [-0.25, -0.2) is 8.51 Å². The molecule has 1 saturated heterocycles. The highest BCUT2D eigenvalue weighted by molar-refractivity contribution is 7.82. The second-order valence-corrected chi connectivity index (χ2v) is 10.3. The molecule has 1 saturated carbocycles. The fourth-order valence-corrected chi connectivity index (χ4v) is 6.36. The van der Waals surface area contributed by atoms with Crippen LogP contribution in [0.4, 0.5) is 0 Å². The molecule has 2 unspecified atom stereocenters. The van der Waals surface area contributed by atoms with Gasteiger partial charge in [0, 0.05) is 31.6 Å². The first kappa shape index (κ1) is 18.2. The lowest BCUT2D eigenvalue weighted by atomic mass is 9.68. The molecule has 5 heteroatoms. The van der Waals surface area contributed by atoms with Crippen molar-refractivity contribution in [3.63, 3.8) is 0 Å². The molecule has 1 aromatic carbocycles. The van der Waals surface area contributed by atoms with Gasteiger partial charge in [-0.2, -0.15) is 0 Å².